The molecule has 0 amide bonds. The third kappa shape index (κ3) is 4.33. The van der Waals surface area contributed by atoms with E-state index < -0.39 is 0 Å². The van der Waals surface area contributed by atoms with Crippen molar-refractivity contribution in [2.45, 2.75) is 13.1 Å². The van der Waals surface area contributed by atoms with Gasteiger partial charge < -0.3 is 9.80 Å². The Labute approximate surface area is 142 Å². The maximum Gasteiger partial charge on any atom is 0.127 e. The smallest absolute Gasteiger partial charge is 0.127 e. The zero-order valence-electron chi connectivity index (χ0n) is 13.2. The van der Waals surface area contributed by atoms with Gasteiger partial charge in [0.15, 0.2) is 0 Å². The first kappa shape index (κ1) is 16.0. The molecule has 0 radical (unpaired) electrons. The molecule has 23 heavy (non-hydrogen) atoms. The molecule has 1 saturated heterocycles. The summed E-state index contributed by atoms with van der Waals surface area (Å²) in [4.78, 5) is 3.19. The van der Waals surface area contributed by atoms with Crippen LogP contribution in [0.15, 0.2) is 48.5 Å². The largest absolute Gasteiger partial charge is 0.322 e. The monoisotopic (exact) mass is 327 g/mol. The highest BCUT2D eigenvalue weighted by Crippen LogP contribution is 2.09. The fraction of sp³-hybridized carbons (Fsp3) is 0.316. The topological polar surface area (TPSA) is 32.7 Å². The molecule has 1 heterocycles. The van der Waals surface area contributed by atoms with Gasteiger partial charge in [-0.1, -0.05) is 41.9 Å². The molecule has 1 aliphatic rings. The summed E-state index contributed by atoms with van der Waals surface area (Å²) in [7, 11) is 0. The van der Waals surface area contributed by atoms with Crippen LogP contribution in [0.1, 0.15) is 16.7 Å². The van der Waals surface area contributed by atoms with Gasteiger partial charge in [-0.15, -0.1) is 0 Å². The molecular formula is C19H22ClN3+2. The van der Waals surface area contributed by atoms with Gasteiger partial charge in [-0.05, 0) is 18.2 Å². The molecule has 1 aliphatic heterocycles. The maximum absolute atomic E-state index is 9.20. The van der Waals surface area contributed by atoms with Gasteiger partial charge in [-0.25, -0.2) is 0 Å². The molecule has 1 fully saturated rings. The third-order valence-corrected chi connectivity index (χ3v) is 4.82. The van der Waals surface area contributed by atoms with Crippen LogP contribution in [0.5, 0.6) is 0 Å². The lowest BCUT2D eigenvalue weighted by Gasteiger charge is -2.30. The van der Waals surface area contributed by atoms with Gasteiger partial charge in [0.05, 0.1) is 11.6 Å². The highest BCUT2D eigenvalue weighted by atomic mass is 35.5. The van der Waals surface area contributed by atoms with E-state index in [2.05, 4.69) is 24.3 Å². The lowest BCUT2D eigenvalue weighted by atomic mass is 10.1. The van der Waals surface area contributed by atoms with Crippen molar-refractivity contribution in [3.63, 3.8) is 0 Å². The number of quaternary nitrogens is 2. The number of hydrogen-bond acceptors (Lipinski definition) is 1. The molecular weight excluding hydrogens is 306 g/mol. The number of hydrogen-bond donors (Lipinski definition) is 2. The van der Waals surface area contributed by atoms with Gasteiger partial charge in [-0.2, -0.15) is 5.26 Å². The van der Waals surface area contributed by atoms with Crippen molar-refractivity contribution in [1.82, 2.24) is 0 Å². The second kappa shape index (κ2) is 7.61. The molecule has 2 aromatic rings. The molecule has 2 N–H and O–H groups in total. The second-order valence-corrected chi connectivity index (χ2v) is 6.69. The van der Waals surface area contributed by atoms with E-state index in [1.165, 1.54) is 11.1 Å². The standard InChI is InChI=1S/C19H20ClN3/c20-19-7-3-4-16(12-19)14-22-8-10-23(11-9-22)15-18-6-2-1-5-17(18)13-21/h1-7,12H,8-11,14-15H2/p+2. The number of nitrogens with zero attached hydrogens (tertiary/aromatic N) is 1. The van der Waals surface area contributed by atoms with Crippen LogP contribution >= 0.6 is 11.6 Å². The van der Waals surface area contributed by atoms with Crippen molar-refractivity contribution in [2.75, 3.05) is 26.2 Å². The normalized spacial score (nSPS) is 20.9. The van der Waals surface area contributed by atoms with Gasteiger partial charge in [-0.3, -0.25) is 0 Å². The summed E-state index contributed by atoms with van der Waals surface area (Å²) >= 11 is 6.06. The fourth-order valence-corrected chi connectivity index (χ4v) is 3.51. The second-order valence-electron chi connectivity index (χ2n) is 6.25. The van der Waals surface area contributed by atoms with Crippen molar-refractivity contribution in [3.05, 3.63) is 70.2 Å². The number of benzene rings is 2. The van der Waals surface area contributed by atoms with E-state index in [1.54, 1.807) is 9.80 Å². The Hall–Kier alpha value is -1.86. The Morgan fingerprint density at radius 3 is 2.30 bits per heavy atom. The molecule has 3 nitrogen and oxygen atoms in total. The van der Waals surface area contributed by atoms with Gasteiger partial charge in [0.25, 0.3) is 0 Å². The Bertz CT molecular complexity index is 700. The van der Waals surface area contributed by atoms with Gasteiger partial charge in [0.1, 0.15) is 39.3 Å². The Morgan fingerprint density at radius 2 is 1.61 bits per heavy atom. The highest BCUT2D eigenvalue weighted by molar-refractivity contribution is 6.30. The number of halogens is 1. The average Bonchev–Trinajstić information content (AvgIpc) is 2.57. The van der Waals surface area contributed by atoms with Gasteiger partial charge in [0, 0.05) is 16.1 Å². The van der Waals surface area contributed by atoms with Gasteiger partial charge in [0.2, 0.25) is 0 Å². The minimum Gasteiger partial charge on any atom is -0.322 e. The average molecular weight is 328 g/mol. The summed E-state index contributed by atoms with van der Waals surface area (Å²) in [5.41, 5.74) is 3.29. The molecule has 0 aromatic heterocycles. The first-order valence-electron chi connectivity index (χ1n) is 8.14. The third-order valence-electron chi connectivity index (χ3n) is 4.59. The molecule has 0 atom stereocenters. The zero-order valence-corrected chi connectivity index (χ0v) is 13.9. The molecule has 4 heteroatoms. The SMILES string of the molecule is N#Cc1ccccc1C[NH+]1CC[NH+](Cc2cccc(Cl)c2)CC1. The number of piperazine rings is 1. The lowest BCUT2D eigenvalue weighted by Crippen LogP contribution is -3.27. The van der Waals surface area contributed by atoms with Gasteiger partial charge >= 0.3 is 0 Å². The van der Waals surface area contributed by atoms with E-state index >= 15 is 0 Å². The van der Waals surface area contributed by atoms with Crippen LogP contribution in [0.4, 0.5) is 0 Å². The van der Waals surface area contributed by atoms with E-state index in [9.17, 15) is 5.26 Å². The van der Waals surface area contributed by atoms with Crippen LogP contribution in [0.2, 0.25) is 5.02 Å². The van der Waals surface area contributed by atoms with E-state index in [1.807, 2.05) is 30.3 Å². The predicted molar refractivity (Wildman–Crippen MR) is 91.4 cm³/mol. The summed E-state index contributed by atoms with van der Waals surface area (Å²) < 4.78 is 0. The van der Waals surface area contributed by atoms with Crippen LogP contribution < -0.4 is 9.80 Å². The predicted octanol–water partition coefficient (Wildman–Crippen LogP) is 0.695. The molecule has 2 aromatic carbocycles. The molecule has 3 rings (SSSR count). The minimum absolute atomic E-state index is 0.814. The number of rotatable bonds is 4. The minimum atomic E-state index is 0.814. The zero-order chi connectivity index (χ0) is 16.1. The number of nitrogens with one attached hydrogen (secondary N) is 2. The Balaban J connectivity index is 1.53. The first-order chi connectivity index (χ1) is 11.2. The summed E-state index contributed by atoms with van der Waals surface area (Å²) in [6.45, 7) is 6.62. The van der Waals surface area contributed by atoms with Crippen molar-refractivity contribution in [1.29, 1.82) is 5.26 Å². The van der Waals surface area contributed by atoms with E-state index in [0.717, 1.165) is 49.9 Å². The van der Waals surface area contributed by atoms with Crippen molar-refractivity contribution in [2.24, 2.45) is 0 Å². The molecule has 0 aliphatic carbocycles. The number of nitriles is 1. The first-order valence-corrected chi connectivity index (χ1v) is 8.52. The molecule has 0 spiro atoms. The van der Waals surface area contributed by atoms with Crippen molar-refractivity contribution < 1.29 is 9.80 Å². The summed E-state index contributed by atoms with van der Waals surface area (Å²) in [6, 6.07) is 18.4. The lowest BCUT2D eigenvalue weighted by molar-refractivity contribution is -1.02. The fourth-order valence-electron chi connectivity index (χ4n) is 3.30. The van der Waals surface area contributed by atoms with Crippen LogP contribution in [0, 0.1) is 11.3 Å². The highest BCUT2D eigenvalue weighted by Gasteiger charge is 2.23. The maximum atomic E-state index is 9.20. The Kier molecular flexibility index (Phi) is 5.30. The van der Waals surface area contributed by atoms with Crippen LogP contribution in [-0.4, -0.2) is 26.2 Å². The van der Waals surface area contributed by atoms with E-state index in [4.69, 9.17) is 11.6 Å². The van der Waals surface area contributed by atoms with E-state index in [0.29, 0.717) is 0 Å². The Morgan fingerprint density at radius 1 is 0.913 bits per heavy atom. The molecule has 0 bridgehead atoms. The van der Waals surface area contributed by atoms with Crippen molar-refractivity contribution >= 4 is 11.6 Å². The summed E-state index contributed by atoms with van der Waals surface area (Å²) in [5.74, 6) is 0. The summed E-state index contributed by atoms with van der Waals surface area (Å²) in [6.07, 6.45) is 0. The molecule has 0 unspecified atom stereocenters. The molecule has 0 saturated carbocycles. The van der Waals surface area contributed by atoms with Crippen LogP contribution in [-0.2, 0) is 13.1 Å². The van der Waals surface area contributed by atoms with Crippen LogP contribution in [0.3, 0.4) is 0 Å². The van der Waals surface area contributed by atoms with Crippen molar-refractivity contribution in [3.8, 4) is 6.07 Å². The molecule has 118 valence electrons. The van der Waals surface area contributed by atoms with E-state index in [-0.39, 0.29) is 0 Å². The van der Waals surface area contributed by atoms with Crippen LogP contribution in [0.25, 0.3) is 0 Å². The summed E-state index contributed by atoms with van der Waals surface area (Å²) in [5, 5.41) is 10.0. The quantitative estimate of drug-likeness (QED) is 0.851.